The van der Waals surface area contributed by atoms with Gasteiger partial charge >= 0.3 is 0 Å². The van der Waals surface area contributed by atoms with Crippen LogP contribution in [0.4, 0.5) is 5.69 Å². The molecule has 1 aliphatic heterocycles. The topological polar surface area (TPSA) is 85.8 Å². The van der Waals surface area contributed by atoms with Crippen LogP contribution in [-0.2, 0) is 11.8 Å². The molecular weight excluding hydrogens is 278 g/mol. The van der Waals surface area contributed by atoms with Gasteiger partial charge in [0.05, 0.1) is 17.6 Å². The summed E-state index contributed by atoms with van der Waals surface area (Å²) in [5.74, 6) is -0.0365. The van der Waals surface area contributed by atoms with E-state index in [0.29, 0.717) is 5.69 Å². The zero-order chi connectivity index (χ0) is 15.7. The summed E-state index contributed by atoms with van der Waals surface area (Å²) in [6, 6.07) is 3.91. The Morgan fingerprint density at radius 2 is 2.23 bits per heavy atom. The van der Waals surface area contributed by atoms with Crippen molar-refractivity contribution in [2.75, 3.05) is 5.32 Å². The van der Waals surface area contributed by atoms with E-state index in [4.69, 9.17) is 5.73 Å². The predicted molar refractivity (Wildman–Crippen MR) is 85.0 cm³/mol. The Hall–Kier alpha value is -2.21. The molecular formula is C16H21N5O. The summed E-state index contributed by atoms with van der Waals surface area (Å²) in [7, 11) is 1.84. The molecule has 0 spiro atoms. The summed E-state index contributed by atoms with van der Waals surface area (Å²) in [6.45, 7) is 1.94. The summed E-state index contributed by atoms with van der Waals surface area (Å²) in [5.41, 5.74) is 9.62. The van der Waals surface area contributed by atoms with E-state index in [2.05, 4.69) is 15.4 Å². The van der Waals surface area contributed by atoms with Crippen molar-refractivity contribution >= 4 is 11.6 Å². The van der Waals surface area contributed by atoms with Gasteiger partial charge in [0.1, 0.15) is 5.69 Å². The minimum atomic E-state index is -0.0500. The first-order valence-electron chi connectivity index (χ1n) is 7.61. The third-order valence-electron chi connectivity index (χ3n) is 4.25. The molecule has 0 aromatic carbocycles. The summed E-state index contributed by atoms with van der Waals surface area (Å²) in [4.78, 5) is 16.7. The van der Waals surface area contributed by atoms with Crippen molar-refractivity contribution in [2.45, 2.75) is 32.2 Å². The predicted octanol–water partition coefficient (Wildman–Crippen LogP) is 2.24. The smallest absolute Gasteiger partial charge is 0.227 e. The Balaban J connectivity index is 2.10. The van der Waals surface area contributed by atoms with Gasteiger partial charge < -0.3 is 11.1 Å². The van der Waals surface area contributed by atoms with E-state index in [-0.39, 0.29) is 17.9 Å². The van der Waals surface area contributed by atoms with Crippen molar-refractivity contribution in [3.63, 3.8) is 0 Å². The fraction of sp³-hybridized carbons (Fsp3) is 0.438. The van der Waals surface area contributed by atoms with E-state index in [1.165, 1.54) is 0 Å². The number of nitrogens with zero attached hydrogens (tertiary/aromatic N) is 3. The number of amides is 1. The van der Waals surface area contributed by atoms with Crippen molar-refractivity contribution in [1.29, 1.82) is 0 Å². The Labute approximate surface area is 129 Å². The standard InChI is InChI=1S/C16H21N5O/c1-10-4-3-5-12(17)11-6-7-18-13(8-11)15-14(20-16(10)22)9-19-21(15)2/h6-10,12H,3-5,17H2,1-2H3,(H,20,22)/t10-,12?/m1/s1. The highest BCUT2D eigenvalue weighted by atomic mass is 16.1. The first kappa shape index (κ1) is 14.7. The van der Waals surface area contributed by atoms with Gasteiger partial charge in [0.2, 0.25) is 5.91 Å². The fourth-order valence-corrected chi connectivity index (χ4v) is 2.84. The molecule has 6 nitrogen and oxygen atoms in total. The van der Waals surface area contributed by atoms with Crippen molar-refractivity contribution in [2.24, 2.45) is 18.7 Å². The number of anilines is 1. The molecule has 1 unspecified atom stereocenters. The van der Waals surface area contributed by atoms with Gasteiger partial charge in [-0.25, -0.2) is 0 Å². The van der Waals surface area contributed by atoms with Crippen molar-refractivity contribution in [3.05, 3.63) is 30.1 Å². The zero-order valence-corrected chi connectivity index (χ0v) is 12.9. The highest BCUT2D eigenvalue weighted by Crippen LogP contribution is 2.29. The van der Waals surface area contributed by atoms with E-state index < -0.39 is 0 Å². The average Bonchev–Trinajstić information content (AvgIpc) is 2.87. The number of aryl methyl sites for hydroxylation is 1. The molecule has 22 heavy (non-hydrogen) atoms. The van der Waals surface area contributed by atoms with Crippen LogP contribution in [0.15, 0.2) is 24.5 Å². The molecule has 0 saturated carbocycles. The van der Waals surface area contributed by atoms with Crippen molar-refractivity contribution in [1.82, 2.24) is 14.8 Å². The van der Waals surface area contributed by atoms with Crippen LogP contribution in [0.2, 0.25) is 0 Å². The molecule has 2 atom stereocenters. The quantitative estimate of drug-likeness (QED) is 0.781. The number of hydrogen-bond donors (Lipinski definition) is 2. The lowest BCUT2D eigenvalue weighted by Crippen LogP contribution is -2.21. The van der Waals surface area contributed by atoms with Crippen LogP contribution in [0.25, 0.3) is 11.4 Å². The molecule has 0 radical (unpaired) electrons. The molecule has 6 heteroatoms. The Kier molecular flexibility index (Phi) is 3.94. The minimum Gasteiger partial charge on any atom is -0.324 e. The van der Waals surface area contributed by atoms with Crippen LogP contribution in [0.5, 0.6) is 0 Å². The summed E-state index contributed by atoms with van der Waals surface area (Å²) in [6.07, 6.45) is 6.04. The maximum Gasteiger partial charge on any atom is 0.227 e. The van der Waals surface area contributed by atoms with Gasteiger partial charge in [0.25, 0.3) is 0 Å². The van der Waals surface area contributed by atoms with Gasteiger partial charge in [0, 0.05) is 25.2 Å². The molecule has 3 N–H and O–H groups in total. The molecule has 2 aromatic heterocycles. The average molecular weight is 299 g/mol. The van der Waals surface area contributed by atoms with Crippen LogP contribution in [-0.4, -0.2) is 20.7 Å². The molecule has 0 aliphatic carbocycles. The van der Waals surface area contributed by atoms with Gasteiger partial charge in [-0.3, -0.25) is 14.5 Å². The normalized spacial score (nSPS) is 22.2. The second-order valence-electron chi connectivity index (χ2n) is 5.93. The highest BCUT2D eigenvalue weighted by molar-refractivity contribution is 5.95. The number of carbonyl (C=O) groups is 1. The Morgan fingerprint density at radius 3 is 3.05 bits per heavy atom. The first-order valence-corrected chi connectivity index (χ1v) is 7.61. The van der Waals surface area contributed by atoms with E-state index in [1.807, 2.05) is 26.1 Å². The number of nitrogens with two attached hydrogens (primary N) is 1. The highest BCUT2D eigenvalue weighted by Gasteiger charge is 2.20. The lowest BCUT2D eigenvalue weighted by atomic mass is 9.96. The molecule has 1 amide bonds. The molecule has 116 valence electrons. The van der Waals surface area contributed by atoms with Crippen LogP contribution in [0, 0.1) is 5.92 Å². The lowest BCUT2D eigenvalue weighted by molar-refractivity contribution is -0.119. The maximum atomic E-state index is 12.3. The third kappa shape index (κ3) is 2.74. The van der Waals surface area contributed by atoms with Crippen LogP contribution >= 0.6 is 0 Å². The molecule has 2 bridgehead atoms. The van der Waals surface area contributed by atoms with Gasteiger partial charge in [-0.15, -0.1) is 0 Å². The molecule has 1 aliphatic rings. The third-order valence-corrected chi connectivity index (χ3v) is 4.25. The number of rotatable bonds is 0. The summed E-state index contributed by atoms with van der Waals surface area (Å²) < 4.78 is 1.73. The Morgan fingerprint density at radius 1 is 1.41 bits per heavy atom. The summed E-state index contributed by atoms with van der Waals surface area (Å²) >= 11 is 0. The Bertz CT molecular complexity index is 694. The maximum absolute atomic E-state index is 12.3. The molecule has 3 rings (SSSR count). The largest absolute Gasteiger partial charge is 0.324 e. The second-order valence-corrected chi connectivity index (χ2v) is 5.93. The number of hydrogen-bond acceptors (Lipinski definition) is 4. The number of aromatic nitrogens is 3. The number of nitrogens with one attached hydrogen (secondary N) is 1. The van der Waals surface area contributed by atoms with E-state index in [0.717, 1.165) is 36.2 Å². The molecule has 0 saturated heterocycles. The first-order chi connectivity index (χ1) is 10.6. The van der Waals surface area contributed by atoms with E-state index in [1.54, 1.807) is 17.1 Å². The van der Waals surface area contributed by atoms with Crippen molar-refractivity contribution in [3.8, 4) is 11.4 Å². The monoisotopic (exact) mass is 299 g/mol. The van der Waals surface area contributed by atoms with Crippen LogP contribution in [0.3, 0.4) is 0 Å². The lowest BCUT2D eigenvalue weighted by Gasteiger charge is -2.17. The zero-order valence-electron chi connectivity index (χ0n) is 12.9. The number of carbonyl (C=O) groups excluding carboxylic acids is 1. The molecule has 0 fully saturated rings. The van der Waals surface area contributed by atoms with Gasteiger partial charge in [-0.05, 0) is 30.5 Å². The van der Waals surface area contributed by atoms with Gasteiger partial charge in [0.15, 0.2) is 0 Å². The SMILES string of the molecule is C[C@@H]1CCCC(N)c2ccnc(c2)-c2c(cnn2C)NC1=O. The van der Waals surface area contributed by atoms with Crippen LogP contribution < -0.4 is 11.1 Å². The minimum absolute atomic E-state index is 0.0135. The van der Waals surface area contributed by atoms with Gasteiger partial charge in [-0.2, -0.15) is 5.10 Å². The van der Waals surface area contributed by atoms with Gasteiger partial charge in [-0.1, -0.05) is 13.3 Å². The molecule has 2 aromatic rings. The number of fused-ring (bicyclic) bond motifs is 4. The second kappa shape index (κ2) is 5.88. The number of pyridine rings is 1. The van der Waals surface area contributed by atoms with Crippen molar-refractivity contribution < 1.29 is 4.79 Å². The fourth-order valence-electron chi connectivity index (χ4n) is 2.84. The van der Waals surface area contributed by atoms with E-state index >= 15 is 0 Å². The van der Waals surface area contributed by atoms with E-state index in [9.17, 15) is 4.79 Å². The summed E-state index contributed by atoms with van der Waals surface area (Å²) in [5, 5.41) is 7.23. The van der Waals surface area contributed by atoms with Crippen LogP contribution in [0.1, 0.15) is 37.8 Å². The molecule has 3 heterocycles.